The molecule has 0 aromatic carbocycles. The molecule has 1 aliphatic rings. The van der Waals surface area contributed by atoms with Crippen molar-refractivity contribution in [2.24, 2.45) is 5.73 Å². The first kappa shape index (κ1) is 21.8. The number of aromatic nitrogens is 2. The van der Waals surface area contributed by atoms with Crippen LogP contribution in [-0.2, 0) is 18.6 Å². The van der Waals surface area contributed by atoms with Gasteiger partial charge >= 0.3 is 13.9 Å². The number of aliphatic hydroxyl groups excluding tert-OH is 1. The van der Waals surface area contributed by atoms with Crippen LogP contribution in [0.15, 0.2) is 21.9 Å². The maximum atomic E-state index is 12.1. The summed E-state index contributed by atoms with van der Waals surface area (Å²) in [6.45, 7) is 0.415. The Balaban J connectivity index is 2.17. The van der Waals surface area contributed by atoms with Crippen LogP contribution in [0.25, 0.3) is 0 Å². The third-order valence-electron chi connectivity index (χ3n) is 4.21. The molecule has 1 aromatic heterocycles. The Morgan fingerprint density at radius 2 is 2.00 bits per heavy atom. The molecule has 1 fully saturated rings. The molecule has 5 atom stereocenters. The van der Waals surface area contributed by atoms with E-state index < -0.39 is 50.7 Å². The van der Waals surface area contributed by atoms with Crippen LogP contribution in [0.3, 0.4) is 0 Å². The lowest BCUT2D eigenvalue weighted by Gasteiger charge is -2.22. The number of nitrogens with two attached hydrogens (primary N) is 1. The van der Waals surface area contributed by atoms with E-state index in [4.69, 9.17) is 24.6 Å². The number of hydrogen-bond acceptors (Lipinski definition) is 8. The zero-order valence-corrected chi connectivity index (χ0v) is 15.6. The molecular formula is C15H25N3O8P+. The number of ether oxygens (including phenoxy) is 2. The fraction of sp³-hybridized carbons (Fsp3) is 0.733. The predicted octanol–water partition coefficient (Wildman–Crippen LogP) is -0.634. The van der Waals surface area contributed by atoms with E-state index in [9.17, 15) is 19.3 Å². The fourth-order valence-electron chi connectivity index (χ4n) is 2.93. The monoisotopic (exact) mass is 406 g/mol. The van der Waals surface area contributed by atoms with Crippen LogP contribution < -0.4 is 17.0 Å². The highest BCUT2D eigenvalue weighted by atomic mass is 31.1. The van der Waals surface area contributed by atoms with Gasteiger partial charge in [0.2, 0.25) is 0 Å². The highest BCUT2D eigenvalue weighted by Crippen LogP contribution is 2.37. The number of rotatable bonds is 11. The number of aromatic amines is 1. The Morgan fingerprint density at radius 3 is 2.63 bits per heavy atom. The van der Waals surface area contributed by atoms with Crippen molar-refractivity contribution >= 4 is 8.25 Å². The molecule has 12 heteroatoms. The highest BCUT2D eigenvalue weighted by molar-refractivity contribution is 7.32. The minimum absolute atomic E-state index is 0.299. The average Bonchev–Trinajstić information content (AvgIpc) is 2.95. The van der Waals surface area contributed by atoms with E-state index in [0.717, 1.165) is 29.9 Å². The topological polar surface area (TPSA) is 166 Å². The van der Waals surface area contributed by atoms with Crippen LogP contribution in [0.5, 0.6) is 0 Å². The lowest BCUT2D eigenvalue weighted by Crippen LogP contribution is -2.40. The van der Waals surface area contributed by atoms with Crippen molar-refractivity contribution in [3.8, 4) is 0 Å². The van der Waals surface area contributed by atoms with Crippen LogP contribution in [-0.4, -0.2) is 57.6 Å². The van der Waals surface area contributed by atoms with Gasteiger partial charge in [-0.15, -0.1) is 9.42 Å². The normalized spacial score (nSPS) is 25.7. The molecule has 2 heterocycles. The SMILES string of the molecule is NCCCCCCO[C@H]1C(O[P+](=O)O)[C@@H](CO)O[C@H]1n1ccc(=O)[nH]c1=O. The van der Waals surface area contributed by atoms with Gasteiger partial charge in [0.15, 0.2) is 12.3 Å². The molecule has 5 N–H and O–H groups in total. The Labute approximate surface area is 156 Å². The summed E-state index contributed by atoms with van der Waals surface area (Å²) in [6.07, 6.45) is 0.708. The maximum Gasteiger partial charge on any atom is 0.695 e. The Bertz CT molecular complexity index is 724. The van der Waals surface area contributed by atoms with Crippen molar-refractivity contribution < 1.29 is 28.6 Å². The van der Waals surface area contributed by atoms with Crippen molar-refractivity contribution in [1.29, 1.82) is 0 Å². The molecule has 0 saturated carbocycles. The molecular weight excluding hydrogens is 381 g/mol. The van der Waals surface area contributed by atoms with Crippen molar-refractivity contribution in [1.82, 2.24) is 9.55 Å². The summed E-state index contributed by atoms with van der Waals surface area (Å²) in [4.78, 5) is 34.6. The van der Waals surface area contributed by atoms with Gasteiger partial charge in [-0.25, -0.2) is 4.79 Å². The molecule has 0 radical (unpaired) electrons. The predicted molar refractivity (Wildman–Crippen MR) is 94.3 cm³/mol. The lowest BCUT2D eigenvalue weighted by molar-refractivity contribution is -0.0744. The molecule has 11 nitrogen and oxygen atoms in total. The zero-order chi connectivity index (χ0) is 19.8. The van der Waals surface area contributed by atoms with E-state index in [-0.39, 0.29) is 0 Å². The zero-order valence-electron chi connectivity index (χ0n) is 14.7. The van der Waals surface area contributed by atoms with Crippen molar-refractivity contribution in [3.63, 3.8) is 0 Å². The summed E-state index contributed by atoms with van der Waals surface area (Å²) in [5.41, 5.74) is 4.15. The lowest BCUT2D eigenvalue weighted by atomic mass is 10.1. The van der Waals surface area contributed by atoms with Crippen LogP contribution in [0, 0.1) is 0 Å². The summed E-state index contributed by atoms with van der Waals surface area (Å²) < 4.78 is 28.7. The summed E-state index contributed by atoms with van der Waals surface area (Å²) >= 11 is 0. The fourth-order valence-corrected chi connectivity index (χ4v) is 3.40. The largest absolute Gasteiger partial charge is 0.695 e. The van der Waals surface area contributed by atoms with E-state index in [1.165, 1.54) is 6.20 Å². The quantitative estimate of drug-likeness (QED) is 0.276. The third-order valence-corrected chi connectivity index (χ3v) is 4.64. The average molecular weight is 406 g/mol. The van der Waals surface area contributed by atoms with Gasteiger partial charge in [-0.3, -0.25) is 14.3 Å². The molecule has 27 heavy (non-hydrogen) atoms. The Hall–Kier alpha value is -1.46. The highest BCUT2D eigenvalue weighted by Gasteiger charge is 2.51. The standard InChI is InChI=1S/C15H24N3O8P/c16-6-3-1-2-4-8-24-13-12(26-27(22)23)10(9-19)25-14(13)18-7-5-11(20)17-15(18)21/h5,7,10,12-14,19H,1-4,6,8-9,16H2,(H-,17,20,21,22,23)/p+1/t10-,12?,13+,14-/m1/s1. The van der Waals surface area contributed by atoms with Crippen molar-refractivity contribution in [2.75, 3.05) is 19.8 Å². The molecule has 152 valence electrons. The van der Waals surface area contributed by atoms with Gasteiger partial charge in [-0.05, 0) is 19.4 Å². The molecule has 1 saturated heterocycles. The number of unbranched alkanes of at least 4 members (excludes halogenated alkanes) is 3. The van der Waals surface area contributed by atoms with Gasteiger partial charge in [0, 0.05) is 23.4 Å². The molecule has 1 aromatic rings. The molecule has 0 aliphatic carbocycles. The first-order valence-electron chi connectivity index (χ1n) is 8.70. The number of aliphatic hydroxyl groups is 1. The van der Waals surface area contributed by atoms with Crippen LogP contribution in [0.1, 0.15) is 31.9 Å². The van der Waals surface area contributed by atoms with Gasteiger partial charge in [-0.2, -0.15) is 0 Å². The number of hydrogen-bond donors (Lipinski definition) is 4. The van der Waals surface area contributed by atoms with E-state index >= 15 is 0 Å². The molecule has 0 spiro atoms. The minimum atomic E-state index is -2.98. The molecule has 0 amide bonds. The van der Waals surface area contributed by atoms with Gasteiger partial charge in [-0.1, -0.05) is 12.8 Å². The van der Waals surface area contributed by atoms with Crippen LogP contribution in [0.2, 0.25) is 0 Å². The van der Waals surface area contributed by atoms with Crippen LogP contribution in [0.4, 0.5) is 0 Å². The first-order chi connectivity index (χ1) is 13.0. The summed E-state index contributed by atoms with van der Waals surface area (Å²) in [6, 6.07) is 1.14. The van der Waals surface area contributed by atoms with E-state index in [1.54, 1.807) is 0 Å². The van der Waals surface area contributed by atoms with Gasteiger partial charge < -0.3 is 20.3 Å². The second-order valence-electron chi connectivity index (χ2n) is 6.11. The second kappa shape index (κ2) is 10.8. The minimum Gasteiger partial charge on any atom is -0.394 e. The Morgan fingerprint density at radius 1 is 1.26 bits per heavy atom. The molecule has 1 aliphatic heterocycles. The smallest absolute Gasteiger partial charge is 0.394 e. The van der Waals surface area contributed by atoms with E-state index in [1.807, 2.05) is 0 Å². The van der Waals surface area contributed by atoms with E-state index in [2.05, 4.69) is 4.98 Å². The number of H-pyrrole nitrogens is 1. The third kappa shape index (κ3) is 6.01. The number of nitrogens with one attached hydrogen (secondary N) is 1. The van der Waals surface area contributed by atoms with Gasteiger partial charge in [0.1, 0.15) is 12.2 Å². The summed E-state index contributed by atoms with van der Waals surface area (Å²) in [5, 5.41) is 9.52. The Kier molecular flexibility index (Phi) is 8.71. The van der Waals surface area contributed by atoms with Gasteiger partial charge in [0.05, 0.1) is 6.61 Å². The van der Waals surface area contributed by atoms with E-state index in [0.29, 0.717) is 19.6 Å². The first-order valence-corrected chi connectivity index (χ1v) is 9.83. The van der Waals surface area contributed by atoms with Crippen molar-refractivity contribution in [2.45, 2.75) is 50.2 Å². The second-order valence-corrected chi connectivity index (χ2v) is 6.80. The van der Waals surface area contributed by atoms with Crippen molar-refractivity contribution in [3.05, 3.63) is 33.1 Å². The molecule has 0 bridgehead atoms. The summed E-state index contributed by atoms with van der Waals surface area (Å²) in [5.74, 6) is 0. The summed E-state index contributed by atoms with van der Waals surface area (Å²) in [7, 11) is -2.98. The molecule has 2 unspecified atom stereocenters. The number of nitrogens with zero attached hydrogens (tertiary/aromatic N) is 1. The van der Waals surface area contributed by atoms with Gasteiger partial charge in [0.25, 0.3) is 5.56 Å². The van der Waals surface area contributed by atoms with Crippen LogP contribution >= 0.6 is 8.25 Å². The molecule has 2 rings (SSSR count). The maximum absolute atomic E-state index is 12.1.